The maximum atomic E-state index is 11.8. The lowest BCUT2D eigenvalue weighted by molar-refractivity contribution is -0.150. The van der Waals surface area contributed by atoms with Gasteiger partial charge in [0, 0.05) is 25.1 Å². The number of nitrogens with one attached hydrogen (secondary N) is 1. The van der Waals surface area contributed by atoms with Crippen molar-refractivity contribution < 1.29 is 19.4 Å². The van der Waals surface area contributed by atoms with Gasteiger partial charge in [0.2, 0.25) is 0 Å². The molecule has 8 nitrogen and oxygen atoms in total. The molecule has 0 saturated carbocycles. The number of esters is 1. The fourth-order valence-electron chi connectivity index (χ4n) is 2.17. The molecular weight excluding hydrogens is 268 g/mol. The van der Waals surface area contributed by atoms with E-state index in [1.165, 1.54) is 17.7 Å². The zero-order chi connectivity index (χ0) is 14.9. The third-order valence-corrected chi connectivity index (χ3v) is 3.13. The number of H-pyrrole nitrogens is 1. The molecule has 110 valence electrons. The largest absolute Gasteiger partial charge is 0.460 e. The number of hydrogen-bond donors (Lipinski definition) is 2. The summed E-state index contributed by atoms with van der Waals surface area (Å²) in [5, 5.41) is 9.22. The Morgan fingerprint density at radius 2 is 2.30 bits per heavy atom. The van der Waals surface area contributed by atoms with Gasteiger partial charge in [0.15, 0.2) is 0 Å². The molecule has 0 amide bonds. The molecule has 8 heteroatoms. The van der Waals surface area contributed by atoms with Crippen molar-refractivity contribution >= 4 is 5.97 Å². The first kappa shape index (κ1) is 14.5. The minimum absolute atomic E-state index is 0.232. The summed E-state index contributed by atoms with van der Waals surface area (Å²) in [6.07, 6.45) is -0.392. The van der Waals surface area contributed by atoms with Crippen LogP contribution in [-0.2, 0) is 14.3 Å². The molecule has 1 aliphatic heterocycles. The van der Waals surface area contributed by atoms with Gasteiger partial charge < -0.3 is 14.6 Å². The Hall–Kier alpha value is -1.93. The van der Waals surface area contributed by atoms with E-state index in [9.17, 15) is 19.5 Å². The van der Waals surface area contributed by atoms with Crippen LogP contribution in [0.3, 0.4) is 0 Å². The molecule has 0 spiro atoms. The maximum Gasteiger partial charge on any atom is 0.330 e. The lowest BCUT2D eigenvalue weighted by Crippen LogP contribution is -2.33. The van der Waals surface area contributed by atoms with Crippen LogP contribution in [0.5, 0.6) is 0 Å². The van der Waals surface area contributed by atoms with Crippen LogP contribution < -0.4 is 11.2 Å². The van der Waals surface area contributed by atoms with Gasteiger partial charge in [-0.1, -0.05) is 0 Å². The zero-order valence-corrected chi connectivity index (χ0v) is 11.2. The first-order valence-electron chi connectivity index (χ1n) is 6.18. The van der Waals surface area contributed by atoms with E-state index in [1.807, 2.05) is 0 Å². The van der Waals surface area contributed by atoms with Gasteiger partial charge in [-0.25, -0.2) is 4.79 Å². The maximum absolute atomic E-state index is 11.8. The SMILES string of the molecule is CC(=O)O[C@H]1C[C@@H](n2cc(C)c(=O)[nH]c2=O)O[C@H]1CO. The molecule has 1 aromatic heterocycles. The molecule has 0 radical (unpaired) electrons. The molecule has 2 heterocycles. The molecule has 1 fully saturated rings. The standard InChI is InChI=1S/C12H16N2O6/c1-6-4-14(12(18)13-11(6)17)10-3-8(19-7(2)16)9(5-15)20-10/h4,8-10,15H,3,5H2,1-2H3,(H,13,17,18)/t8-,9-,10-/m0/s1. The highest BCUT2D eigenvalue weighted by Crippen LogP contribution is 2.29. The fourth-order valence-corrected chi connectivity index (χ4v) is 2.17. The van der Waals surface area contributed by atoms with Crippen LogP contribution in [0.4, 0.5) is 0 Å². The van der Waals surface area contributed by atoms with E-state index in [0.717, 1.165) is 0 Å². The van der Waals surface area contributed by atoms with E-state index in [0.29, 0.717) is 5.56 Å². The molecule has 2 rings (SSSR count). The molecular formula is C12H16N2O6. The topological polar surface area (TPSA) is 111 Å². The van der Waals surface area contributed by atoms with Gasteiger partial charge in [0.1, 0.15) is 18.4 Å². The van der Waals surface area contributed by atoms with Crippen LogP contribution >= 0.6 is 0 Å². The summed E-state index contributed by atoms with van der Waals surface area (Å²) < 4.78 is 11.8. The van der Waals surface area contributed by atoms with Crippen LogP contribution in [0.2, 0.25) is 0 Å². The van der Waals surface area contributed by atoms with Gasteiger partial charge in [-0.05, 0) is 6.92 Å². The van der Waals surface area contributed by atoms with Crippen molar-refractivity contribution in [3.05, 3.63) is 32.6 Å². The lowest BCUT2D eigenvalue weighted by atomic mass is 10.2. The summed E-state index contributed by atoms with van der Waals surface area (Å²) in [4.78, 5) is 36.2. The predicted molar refractivity (Wildman–Crippen MR) is 67.2 cm³/mol. The number of carbonyl (C=O) groups excluding carboxylic acids is 1. The number of hydrogen-bond acceptors (Lipinski definition) is 6. The van der Waals surface area contributed by atoms with E-state index >= 15 is 0 Å². The van der Waals surface area contributed by atoms with Crippen molar-refractivity contribution in [1.82, 2.24) is 9.55 Å². The van der Waals surface area contributed by atoms with Crippen molar-refractivity contribution in [3.63, 3.8) is 0 Å². The van der Waals surface area contributed by atoms with Crippen molar-refractivity contribution in [1.29, 1.82) is 0 Å². The average Bonchev–Trinajstić information content (AvgIpc) is 2.75. The Morgan fingerprint density at radius 3 is 2.90 bits per heavy atom. The minimum Gasteiger partial charge on any atom is -0.460 e. The summed E-state index contributed by atoms with van der Waals surface area (Å²) in [5.74, 6) is -0.484. The van der Waals surface area contributed by atoms with E-state index < -0.39 is 35.7 Å². The van der Waals surface area contributed by atoms with Gasteiger partial charge in [-0.15, -0.1) is 0 Å². The zero-order valence-electron chi connectivity index (χ0n) is 11.2. The van der Waals surface area contributed by atoms with Gasteiger partial charge >= 0.3 is 11.7 Å². The Balaban J connectivity index is 2.27. The molecule has 0 bridgehead atoms. The number of carbonyl (C=O) groups is 1. The molecule has 1 aromatic rings. The van der Waals surface area contributed by atoms with Crippen LogP contribution in [0.15, 0.2) is 15.8 Å². The van der Waals surface area contributed by atoms with Crippen molar-refractivity contribution in [2.75, 3.05) is 6.61 Å². The first-order valence-corrected chi connectivity index (χ1v) is 6.18. The number of aliphatic hydroxyl groups is 1. The van der Waals surface area contributed by atoms with E-state index in [2.05, 4.69) is 4.98 Å². The molecule has 0 unspecified atom stereocenters. The fraction of sp³-hybridized carbons (Fsp3) is 0.583. The van der Waals surface area contributed by atoms with Gasteiger partial charge in [0.25, 0.3) is 5.56 Å². The summed E-state index contributed by atoms with van der Waals surface area (Å²) in [5.41, 5.74) is -0.699. The summed E-state index contributed by atoms with van der Waals surface area (Å²) in [6.45, 7) is 2.50. The number of aromatic amines is 1. The predicted octanol–water partition coefficient (Wildman–Crippen LogP) is -0.943. The molecule has 20 heavy (non-hydrogen) atoms. The van der Waals surface area contributed by atoms with Gasteiger partial charge in [-0.3, -0.25) is 19.1 Å². The molecule has 0 aromatic carbocycles. The summed E-state index contributed by atoms with van der Waals surface area (Å²) in [7, 11) is 0. The number of aliphatic hydroxyl groups excluding tert-OH is 1. The third kappa shape index (κ3) is 2.81. The normalized spacial score (nSPS) is 25.6. The summed E-state index contributed by atoms with van der Waals surface area (Å²) >= 11 is 0. The molecule has 0 aliphatic carbocycles. The Kier molecular flexibility index (Phi) is 4.05. The molecule has 1 aliphatic rings. The van der Waals surface area contributed by atoms with E-state index in [1.54, 1.807) is 6.92 Å². The van der Waals surface area contributed by atoms with E-state index in [-0.39, 0.29) is 13.0 Å². The third-order valence-electron chi connectivity index (χ3n) is 3.13. The second-order valence-corrected chi connectivity index (χ2v) is 4.67. The summed E-state index contributed by atoms with van der Waals surface area (Å²) in [6, 6.07) is 0. The Morgan fingerprint density at radius 1 is 1.60 bits per heavy atom. The number of rotatable bonds is 3. The van der Waals surface area contributed by atoms with Crippen LogP contribution in [0, 0.1) is 6.92 Å². The van der Waals surface area contributed by atoms with Gasteiger partial charge in [-0.2, -0.15) is 0 Å². The highest BCUT2D eigenvalue weighted by Gasteiger charge is 2.38. The number of ether oxygens (including phenoxy) is 2. The van der Waals surface area contributed by atoms with E-state index in [4.69, 9.17) is 9.47 Å². The van der Waals surface area contributed by atoms with Crippen molar-refractivity contribution in [2.45, 2.75) is 38.7 Å². The van der Waals surface area contributed by atoms with Crippen molar-refractivity contribution in [2.24, 2.45) is 0 Å². The smallest absolute Gasteiger partial charge is 0.330 e. The average molecular weight is 284 g/mol. The highest BCUT2D eigenvalue weighted by atomic mass is 16.6. The minimum atomic E-state index is -0.695. The molecule has 1 saturated heterocycles. The van der Waals surface area contributed by atoms with Crippen molar-refractivity contribution in [3.8, 4) is 0 Å². The Bertz CT molecular complexity index is 619. The second-order valence-electron chi connectivity index (χ2n) is 4.67. The van der Waals surface area contributed by atoms with Crippen LogP contribution in [-0.4, -0.2) is 39.4 Å². The Labute approximate surface area is 114 Å². The number of aryl methyl sites for hydroxylation is 1. The molecule has 2 N–H and O–H groups in total. The number of nitrogens with zero attached hydrogens (tertiary/aromatic N) is 1. The van der Waals surface area contributed by atoms with Crippen LogP contribution in [0.25, 0.3) is 0 Å². The second kappa shape index (κ2) is 5.59. The first-order chi connectivity index (χ1) is 9.42. The monoisotopic (exact) mass is 284 g/mol. The highest BCUT2D eigenvalue weighted by molar-refractivity contribution is 5.66. The number of aromatic nitrogens is 2. The quantitative estimate of drug-likeness (QED) is 0.693. The lowest BCUT2D eigenvalue weighted by Gasteiger charge is -2.15. The van der Waals surface area contributed by atoms with Gasteiger partial charge in [0.05, 0.1) is 6.61 Å². The molecule has 3 atom stereocenters. The van der Waals surface area contributed by atoms with Crippen LogP contribution in [0.1, 0.15) is 25.1 Å².